The third-order valence-corrected chi connectivity index (χ3v) is 3.70. The van der Waals surface area contributed by atoms with Crippen LogP contribution in [0.15, 0.2) is 48.5 Å². The highest BCUT2D eigenvalue weighted by atomic mass is 35.5. The number of benzene rings is 2. The van der Waals surface area contributed by atoms with E-state index < -0.39 is 5.60 Å². The zero-order chi connectivity index (χ0) is 15.5. The minimum absolute atomic E-state index is 0.127. The Kier molecular flexibility index (Phi) is 4.66. The summed E-state index contributed by atoms with van der Waals surface area (Å²) in [5.74, 6) is -0.192. The van der Waals surface area contributed by atoms with Crippen molar-refractivity contribution in [1.29, 1.82) is 0 Å². The molecule has 0 radical (unpaired) electrons. The number of aliphatic hydroxyl groups is 1. The van der Waals surface area contributed by atoms with Crippen LogP contribution in [0.2, 0.25) is 5.02 Å². The largest absolute Gasteiger partial charge is 0.384 e. The van der Waals surface area contributed by atoms with E-state index in [0.717, 1.165) is 5.56 Å². The van der Waals surface area contributed by atoms with E-state index in [9.17, 15) is 9.90 Å². The van der Waals surface area contributed by atoms with Gasteiger partial charge in [-0.1, -0.05) is 41.9 Å². The van der Waals surface area contributed by atoms with Gasteiger partial charge in [0.2, 0.25) is 0 Å². The lowest BCUT2D eigenvalue weighted by Gasteiger charge is -2.24. The van der Waals surface area contributed by atoms with Crippen molar-refractivity contribution >= 4 is 17.5 Å². The summed E-state index contributed by atoms with van der Waals surface area (Å²) in [5, 5.41) is 13.9. The Labute approximate surface area is 129 Å². The van der Waals surface area contributed by atoms with Crippen LogP contribution in [0, 0.1) is 6.92 Å². The number of hydrogen-bond donors (Lipinski definition) is 2. The van der Waals surface area contributed by atoms with E-state index in [1.165, 1.54) is 0 Å². The number of aryl methyl sites for hydroxylation is 1. The minimum Gasteiger partial charge on any atom is -0.384 e. The molecule has 0 heterocycles. The Hall–Kier alpha value is -1.84. The van der Waals surface area contributed by atoms with E-state index in [-0.39, 0.29) is 12.5 Å². The van der Waals surface area contributed by atoms with Gasteiger partial charge in [0, 0.05) is 10.6 Å². The lowest BCUT2D eigenvalue weighted by molar-refractivity contribution is 0.0526. The van der Waals surface area contributed by atoms with Crippen molar-refractivity contribution in [1.82, 2.24) is 5.32 Å². The van der Waals surface area contributed by atoms with E-state index in [0.29, 0.717) is 16.1 Å². The highest BCUT2D eigenvalue weighted by Gasteiger charge is 2.24. The van der Waals surface area contributed by atoms with Crippen molar-refractivity contribution < 1.29 is 9.90 Å². The number of carbonyl (C=O) groups excluding carboxylic acids is 1. The number of hydrogen-bond acceptors (Lipinski definition) is 2. The lowest BCUT2D eigenvalue weighted by Crippen LogP contribution is -2.38. The Morgan fingerprint density at radius 1 is 1.19 bits per heavy atom. The Morgan fingerprint density at radius 2 is 1.81 bits per heavy atom. The molecular formula is C17H18ClNO2. The summed E-state index contributed by atoms with van der Waals surface area (Å²) < 4.78 is 0. The van der Waals surface area contributed by atoms with Gasteiger partial charge in [0.15, 0.2) is 0 Å². The molecule has 1 atom stereocenters. The fourth-order valence-corrected chi connectivity index (χ4v) is 2.21. The van der Waals surface area contributed by atoms with E-state index in [4.69, 9.17) is 11.6 Å². The maximum absolute atomic E-state index is 12.2. The normalized spacial score (nSPS) is 13.5. The molecule has 21 heavy (non-hydrogen) atoms. The van der Waals surface area contributed by atoms with Crippen LogP contribution in [0.3, 0.4) is 0 Å². The van der Waals surface area contributed by atoms with E-state index in [2.05, 4.69) is 5.32 Å². The molecule has 4 heteroatoms. The van der Waals surface area contributed by atoms with Gasteiger partial charge in [-0.3, -0.25) is 4.79 Å². The summed E-state index contributed by atoms with van der Waals surface area (Å²) >= 11 is 5.84. The zero-order valence-electron chi connectivity index (χ0n) is 12.1. The monoisotopic (exact) mass is 303 g/mol. The van der Waals surface area contributed by atoms with E-state index >= 15 is 0 Å². The molecule has 1 amide bonds. The van der Waals surface area contributed by atoms with Crippen LogP contribution in [-0.2, 0) is 5.60 Å². The first kappa shape index (κ1) is 15.5. The second kappa shape index (κ2) is 6.29. The molecule has 2 aromatic carbocycles. The second-order valence-corrected chi connectivity index (χ2v) is 5.71. The number of halogens is 1. The highest BCUT2D eigenvalue weighted by Crippen LogP contribution is 2.21. The predicted molar refractivity (Wildman–Crippen MR) is 84.5 cm³/mol. The van der Waals surface area contributed by atoms with Crippen LogP contribution in [0.25, 0.3) is 0 Å². The maximum Gasteiger partial charge on any atom is 0.251 e. The molecule has 0 aliphatic heterocycles. The average Bonchev–Trinajstić information content (AvgIpc) is 2.46. The fourth-order valence-electron chi connectivity index (χ4n) is 2.09. The average molecular weight is 304 g/mol. The summed E-state index contributed by atoms with van der Waals surface area (Å²) in [6, 6.07) is 14.3. The molecule has 3 nitrogen and oxygen atoms in total. The van der Waals surface area contributed by atoms with Crippen molar-refractivity contribution in [3.05, 3.63) is 70.2 Å². The lowest BCUT2D eigenvalue weighted by atomic mass is 9.96. The van der Waals surface area contributed by atoms with Crippen LogP contribution in [-0.4, -0.2) is 17.6 Å². The third kappa shape index (κ3) is 3.84. The van der Waals surface area contributed by atoms with Crippen LogP contribution in [0.4, 0.5) is 0 Å². The van der Waals surface area contributed by atoms with Gasteiger partial charge in [-0.05, 0) is 43.2 Å². The SMILES string of the molecule is Cc1ccccc1C(=O)NCC(C)(O)c1ccc(Cl)cc1. The van der Waals surface area contributed by atoms with Crippen LogP contribution >= 0.6 is 11.6 Å². The summed E-state index contributed by atoms with van der Waals surface area (Å²) in [6.45, 7) is 3.67. The first-order valence-electron chi connectivity index (χ1n) is 6.72. The molecule has 2 rings (SSSR count). The Morgan fingerprint density at radius 3 is 2.43 bits per heavy atom. The van der Waals surface area contributed by atoms with Crippen molar-refractivity contribution in [2.45, 2.75) is 19.4 Å². The molecule has 0 aromatic heterocycles. The summed E-state index contributed by atoms with van der Waals surface area (Å²) in [7, 11) is 0. The summed E-state index contributed by atoms with van der Waals surface area (Å²) in [6.07, 6.45) is 0. The molecule has 0 bridgehead atoms. The van der Waals surface area contributed by atoms with E-state index in [1.54, 1.807) is 37.3 Å². The first-order valence-corrected chi connectivity index (χ1v) is 7.10. The predicted octanol–water partition coefficient (Wildman–Crippen LogP) is 3.29. The Balaban J connectivity index is 2.06. The molecule has 1 unspecified atom stereocenters. The third-order valence-electron chi connectivity index (χ3n) is 3.45. The van der Waals surface area contributed by atoms with Gasteiger partial charge in [0.1, 0.15) is 5.60 Å². The molecule has 110 valence electrons. The molecule has 2 aromatic rings. The smallest absolute Gasteiger partial charge is 0.251 e. The fraction of sp³-hybridized carbons (Fsp3) is 0.235. The van der Waals surface area contributed by atoms with Crippen LogP contribution < -0.4 is 5.32 Å². The van der Waals surface area contributed by atoms with E-state index in [1.807, 2.05) is 25.1 Å². The van der Waals surface area contributed by atoms with Crippen molar-refractivity contribution in [3.8, 4) is 0 Å². The standard InChI is InChI=1S/C17H18ClNO2/c1-12-5-3-4-6-15(12)16(20)19-11-17(2,21)13-7-9-14(18)10-8-13/h3-10,21H,11H2,1-2H3,(H,19,20). The van der Waals surface area contributed by atoms with Crippen molar-refractivity contribution in [2.75, 3.05) is 6.54 Å². The van der Waals surface area contributed by atoms with Gasteiger partial charge in [-0.15, -0.1) is 0 Å². The van der Waals surface area contributed by atoms with Crippen molar-refractivity contribution in [3.63, 3.8) is 0 Å². The van der Waals surface area contributed by atoms with Gasteiger partial charge in [-0.2, -0.15) is 0 Å². The first-order chi connectivity index (χ1) is 9.90. The topological polar surface area (TPSA) is 49.3 Å². The van der Waals surface area contributed by atoms with Gasteiger partial charge >= 0.3 is 0 Å². The molecule has 0 spiro atoms. The quantitative estimate of drug-likeness (QED) is 0.910. The van der Waals surface area contributed by atoms with Crippen LogP contribution in [0.1, 0.15) is 28.4 Å². The molecule has 0 saturated heterocycles. The second-order valence-electron chi connectivity index (χ2n) is 5.28. The number of carbonyl (C=O) groups is 1. The minimum atomic E-state index is -1.15. The maximum atomic E-state index is 12.2. The zero-order valence-corrected chi connectivity index (χ0v) is 12.8. The molecule has 0 fully saturated rings. The van der Waals surface area contributed by atoms with Crippen molar-refractivity contribution in [2.24, 2.45) is 0 Å². The number of amides is 1. The van der Waals surface area contributed by atoms with Crippen LogP contribution in [0.5, 0.6) is 0 Å². The van der Waals surface area contributed by atoms with Gasteiger partial charge in [0.05, 0.1) is 6.54 Å². The molecule has 2 N–H and O–H groups in total. The highest BCUT2D eigenvalue weighted by molar-refractivity contribution is 6.30. The summed E-state index contributed by atoms with van der Waals surface area (Å²) in [5.41, 5.74) is 1.07. The Bertz CT molecular complexity index is 635. The molecule has 0 aliphatic carbocycles. The summed E-state index contributed by atoms with van der Waals surface area (Å²) in [4.78, 5) is 12.2. The molecule has 0 aliphatic rings. The number of rotatable bonds is 4. The van der Waals surface area contributed by atoms with Gasteiger partial charge in [-0.25, -0.2) is 0 Å². The number of nitrogens with one attached hydrogen (secondary N) is 1. The van der Waals surface area contributed by atoms with Gasteiger partial charge in [0.25, 0.3) is 5.91 Å². The van der Waals surface area contributed by atoms with Gasteiger partial charge < -0.3 is 10.4 Å². The molecular weight excluding hydrogens is 286 g/mol. The molecule has 0 saturated carbocycles.